The highest BCUT2D eigenvalue weighted by molar-refractivity contribution is 5.54. The monoisotopic (exact) mass is 289 g/mol. The molecule has 3 aliphatic rings. The lowest BCUT2D eigenvalue weighted by Gasteiger charge is -2.47. The molecular formula is C21H23N. The predicted octanol–water partition coefficient (Wildman–Crippen LogP) is 4.66. The minimum Gasteiger partial charge on any atom is -0.282 e. The summed E-state index contributed by atoms with van der Waals surface area (Å²) in [6.07, 6.45) is 5.47. The van der Waals surface area contributed by atoms with E-state index in [0.29, 0.717) is 6.04 Å². The smallest absolute Gasteiger partial charge is 0.0698 e. The van der Waals surface area contributed by atoms with Crippen molar-refractivity contribution >= 4 is 0 Å². The Morgan fingerprint density at radius 3 is 2.50 bits per heavy atom. The molecule has 0 amide bonds. The highest BCUT2D eigenvalue weighted by Gasteiger charge is 2.52. The van der Waals surface area contributed by atoms with Crippen molar-refractivity contribution in [2.45, 2.75) is 44.2 Å². The Kier molecular flexibility index (Phi) is 2.61. The molecule has 22 heavy (non-hydrogen) atoms. The van der Waals surface area contributed by atoms with Crippen LogP contribution in [0.3, 0.4) is 0 Å². The first-order chi connectivity index (χ1) is 10.8. The molecule has 1 saturated carbocycles. The van der Waals surface area contributed by atoms with E-state index in [0.717, 1.165) is 5.92 Å². The van der Waals surface area contributed by atoms with Gasteiger partial charge >= 0.3 is 0 Å². The summed E-state index contributed by atoms with van der Waals surface area (Å²) < 4.78 is 0. The SMILES string of the molecule is C[C@]12c3ccccc3C[C@H](c3ccccc31)N2CC1CCC1. The maximum absolute atomic E-state index is 2.82. The van der Waals surface area contributed by atoms with E-state index in [-0.39, 0.29) is 5.54 Å². The van der Waals surface area contributed by atoms with Gasteiger partial charge in [-0.15, -0.1) is 0 Å². The average molecular weight is 289 g/mol. The maximum atomic E-state index is 2.82. The average Bonchev–Trinajstić information content (AvgIpc) is 2.67. The van der Waals surface area contributed by atoms with E-state index in [1.54, 1.807) is 16.7 Å². The third-order valence-electron chi connectivity index (χ3n) is 6.43. The van der Waals surface area contributed by atoms with Crippen molar-refractivity contribution in [3.8, 4) is 0 Å². The Labute approximate surface area is 133 Å². The Morgan fingerprint density at radius 2 is 1.73 bits per heavy atom. The van der Waals surface area contributed by atoms with E-state index in [9.17, 15) is 0 Å². The van der Waals surface area contributed by atoms with Gasteiger partial charge in [0.2, 0.25) is 0 Å². The molecule has 1 fully saturated rings. The maximum Gasteiger partial charge on any atom is 0.0698 e. The topological polar surface area (TPSA) is 3.24 Å². The van der Waals surface area contributed by atoms with E-state index >= 15 is 0 Å². The summed E-state index contributed by atoms with van der Waals surface area (Å²) in [5.74, 6) is 0.918. The van der Waals surface area contributed by atoms with Crippen LogP contribution in [0.2, 0.25) is 0 Å². The van der Waals surface area contributed by atoms with Gasteiger partial charge in [0.05, 0.1) is 5.54 Å². The van der Waals surface area contributed by atoms with Gasteiger partial charge in [-0.1, -0.05) is 55.0 Å². The molecule has 112 valence electrons. The highest BCUT2D eigenvalue weighted by Crippen LogP contribution is 2.56. The van der Waals surface area contributed by atoms with Gasteiger partial charge in [0.25, 0.3) is 0 Å². The zero-order chi connectivity index (χ0) is 14.7. The quantitative estimate of drug-likeness (QED) is 0.777. The molecule has 5 rings (SSSR count). The molecule has 1 aliphatic carbocycles. The zero-order valence-corrected chi connectivity index (χ0v) is 13.3. The van der Waals surface area contributed by atoms with E-state index < -0.39 is 0 Å². The molecule has 0 saturated heterocycles. The van der Waals surface area contributed by atoms with Gasteiger partial charge in [0.15, 0.2) is 0 Å². The summed E-state index contributed by atoms with van der Waals surface area (Å²) in [6.45, 7) is 3.73. The fraction of sp³-hybridized carbons (Fsp3) is 0.429. The first-order valence-electron chi connectivity index (χ1n) is 8.73. The third-order valence-corrected chi connectivity index (χ3v) is 6.43. The second-order valence-corrected chi connectivity index (χ2v) is 7.49. The van der Waals surface area contributed by atoms with Crippen LogP contribution in [0.25, 0.3) is 0 Å². The molecule has 2 aromatic carbocycles. The minimum absolute atomic E-state index is 0.0751. The number of nitrogens with zero attached hydrogens (tertiary/aromatic N) is 1. The van der Waals surface area contributed by atoms with Crippen LogP contribution in [0.1, 0.15) is 54.5 Å². The van der Waals surface area contributed by atoms with Gasteiger partial charge in [-0.05, 0) is 54.4 Å². The molecule has 0 aromatic heterocycles. The Morgan fingerprint density at radius 1 is 1.00 bits per heavy atom. The largest absolute Gasteiger partial charge is 0.282 e. The molecule has 0 N–H and O–H groups in total. The van der Waals surface area contributed by atoms with Gasteiger partial charge < -0.3 is 0 Å². The van der Waals surface area contributed by atoms with Crippen LogP contribution in [0.15, 0.2) is 48.5 Å². The summed E-state index contributed by atoms with van der Waals surface area (Å²) >= 11 is 0. The zero-order valence-electron chi connectivity index (χ0n) is 13.3. The van der Waals surface area contributed by atoms with Gasteiger partial charge in [-0.3, -0.25) is 4.90 Å². The van der Waals surface area contributed by atoms with Crippen LogP contribution in [0, 0.1) is 5.92 Å². The second kappa shape index (κ2) is 4.45. The summed E-state index contributed by atoms with van der Waals surface area (Å²) in [6, 6.07) is 18.9. The molecule has 2 bridgehead atoms. The number of hydrogen-bond donors (Lipinski definition) is 0. The lowest BCUT2D eigenvalue weighted by atomic mass is 9.78. The number of rotatable bonds is 2. The number of fused-ring (bicyclic) bond motifs is 7. The summed E-state index contributed by atoms with van der Waals surface area (Å²) in [4.78, 5) is 2.82. The van der Waals surface area contributed by atoms with Gasteiger partial charge in [-0.25, -0.2) is 0 Å². The number of hydrogen-bond acceptors (Lipinski definition) is 1. The van der Waals surface area contributed by atoms with Crippen molar-refractivity contribution in [2.75, 3.05) is 6.54 Å². The molecule has 0 radical (unpaired) electrons. The van der Waals surface area contributed by atoms with Gasteiger partial charge in [0.1, 0.15) is 0 Å². The van der Waals surface area contributed by atoms with Crippen molar-refractivity contribution in [3.63, 3.8) is 0 Å². The normalized spacial score (nSPS) is 29.8. The van der Waals surface area contributed by atoms with Crippen LogP contribution in [0.5, 0.6) is 0 Å². The van der Waals surface area contributed by atoms with Crippen LogP contribution < -0.4 is 0 Å². The molecule has 0 spiro atoms. The molecule has 2 aliphatic heterocycles. The first kappa shape index (κ1) is 12.9. The van der Waals surface area contributed by atoms with Crippen molar-refractivity contribution in [3.05, 3.63) is 70.8 Å². The van der Waals surface area contributed by atoms with Crippen LogP contribution in [0.4, 0.5) is 0 Å². The van der Waals surface area contributed by atoms with Crippen LogP contribution in [-0.2, 0) is 12.0 Å². The van der Waals surface area contributed by atoms with Gasteiger partial charge in [0, 0.05) is 12.6 Å². The fourth-order valence-corrected chi connectivity index (χ4v) is 5.03. The second-order valence-electron chi connectivity index (χ2n) is 7.49. The van der Waals surface area contributed by atoms with Crippen molar-refractivity contribution in [1.82, 2.24) is 4.90 Å². The molecule has 0 unspecified atom stereocenters. The molecule has 2 heterocycles. The summed E-state index contributed by atoms with van der Waals surface area (Å²) in [5, 5.41) is 0. The van der Waals surface area contributed by atoms with Crippen molar-refractivity contribution in [2.24, 2.45) is 5.92 Å². The van der Waals surface area contributed by atoms with Crippen LogP contribution >= 0.6 is 0 Å². The summed E-state index contributed by atoms with van der Waals surface area (Å²) in [5.41, 5.74) is 6.28. The first-order valence-corrected chi connectivity index (χ1v) is 8.73. The molecule has 1 heteroatoms. The van der Waals surface area contributed by atoms with E-state index in [2.05, 4.69) is 60.4 Å². The Bertz CT molecular complexity index is 717. The Balaban J connectivity index is 1.70. The fourth-order valence-electron chi connectivity index (χ4n) is 5.03. The lowest BCUT2D eigenvalue weighted by Crippen LogP contribution is -2.48. The third kappa shape index (κ3) is 1.53. The minimum atomic E-state index is 0.0751. The molecule has 1 nitrogen and oxygen atoms in total. The standard InChI is InChI=1S/C21H23N/c1-21-18-11-4-2-9-16(18)13-20(17-10-3-5-12-19(17)21)22(21)14-15-7-6-8-15/h2-5,9-12,15,20H,6-8,13-14H2,1H3/t20-,21+/m1/s1. The lowest BCUT2D eigenvalue weighted by molar-refractivity contribution is 0.0566. The van der Waals surface area contributed by atoms with Gasteiger partial charge in [-0.2, -0.15) is 0 Å². The predicted molar refractivity (Wildman–Crippen MR) is 89.8 cm³/mol. The van der Waals surface area contributed by atoms with E-state index in [1.807, 2.05) is 0 Å². The van der Waals surface area contributed by atoms with Crippen LogP contribution in [-0.4, -0.2) is 11.4 Å². The molecule has 2 aromatic rings. The van der Waals surface area contributed by atoms with E-state index in [1.165, 1.54) is 37.8 Å². The van der Waals surface area contributed by atoms with Crippen molar-refractivity contribution in [1.29, 1.82) is 0 Å². The molecular weight excluding hydrogens is 266 g/mol. The van der Waals surface area contributed by atoms with E-state index in [4.69, 9.17) is 0 Å². The Hall–Kier alpha value is -1.60. The highest BCUT2D eigenvalue weighted by atomic mass is 15.3. The van der Waals surface area contributed by atoms with Crippen molar-refractivity contribution < 1.29 is 0 Å². The number of benzene rings is 2. The molecule has 2 atom stereocenters. The summed E-state index contributed by atoms with van der Waals surface area (Å²) in [7, 11) is 0.